The van der Waals surface area contributed by atoms with Crippen molar-refractivity contribution in [2.24, 2.45) is 0 Å². The number of aromatic nitrogens is 5. The zero-order valence-corrected chi connectivity index (χ0v) is 15.8. The second-order valence-corrected chi connectivity index (χ2v) is 6.70. The van der Waals surface area contributed by atoms with Crippen LogP contribution >= 0.6 is 0 Å². The van der Waals surface area contributed by atoms with Crippen molar-refractivity contribution >= 4 is 0 Å². The molecule has 6 heteroatoms. The van der Waals surface area contributed by atoms with E-state index in [-0.39, 0.29) is 0 Å². The Labute approximate surface area is 164 Å². The minimum absolute atomic E-state index is 0.431. The Morgan fingerprint density at radius 3 is 2.39 bits per heavy atom. The monoisotopic (exact) mass is 373 g/mol. The fourth-order valence-corrected chi connectivity index (χ4v) is 3.42. The molecule has 0 aliphatic carbocycles. The number of aryl methyl sites for hydroxylation is 1. The lowest BCUT2D eigenvalue weighted by atomic mass is 10.1. The van der Waals surface area contributed by atoms with Crippen LogP contribution in [0.5, 0.6) is 0 Å². The summed E-state index contributed by atoms with van der Waals surface area (Å²) in [6, 6.07) is 20.0. The zero-order valence-electron chi connectivity index (χ0n) is 15.8. The van der Waals surface area contributed by atoms with Gasteiger partial charge in [-0.1, -0.05) is 60.7 Å². The molecule has 0 bridgehead atoms. The molecule has 0 amide bonds. The van der Waals surface area contributed by atoms with E-state index in [9.17, 15) is 5.11 Å². The van der Waals surface area contributed by atoms with Crippen molar-refractivity contribution in [2.75, 3.05) is 0 Å². The molecule has 4 aromatic rings. The first-order valence-corrected chi connectivity index (χ1v) is 9.47. The Bertz CT molecular complexity index is 1020. The molecule has 2 heterocycles. The lowest BCUT2D eigenvalue weighted by Gasteiger charge is -2.15. The predicted molar refractivity (Wildman–Crippen MR) is 109 cm³/mol. The molecule has 4 rings (SSSR count). The van der Waals surface area contributed by atoms with Gasteiger partial charge in [-0.25, -0.2) is 14.6 Å². The number of imidazole rings is 1. The summed E-state index contributed by atoms with van der Waals surface area (Å²) in [5, 5.41) is 15.0. The molecule has 6 nitrogen and oxygen atoms in total. The molecule has 0 aliphatic rings. The average Bonchev–Trinajstić information content (AvgIpc) is 3.35. The highest BCUT2D eigenvalue weighted by molar-refractivity contribution is 5.75. The third-order valence-electron chi connectivity index (χ3n) is 4.73. The second kappa shape index (κ2) is 8.19. The molecule has 1 N–H and O–H groups in total. The topological polar surface area (TPSA) is 68.8 Å². The Balaban J connectivity index is 1.70. The van der Waals surface area contributed by atoms with Crippen LogP contribution in [-0.4, -0.2) is 35.5 Å². The number of hydrogen-bond acceptors (Lipinski definition) is 4. The van der Waals surface area contributed by atoms with Crippen molar-refractivity contribution in [3.8, 4) is 22.8 Å². The van der Waals surface area contributed by atoms with Crippen LogP contribution in [0.15, 0.2) is 73.3 Å². The van der Waals surface area contributed by atoms with E-state index in [1.165, 1.54) is 0 Å². The van der Waals surface area contributed by atoms with Crippen molar-refractivity contribution in [1.29, 1.82) is 0 Å². The van der Waals surface area contributed by atoms with E-state index in [0.29, 0.717) is 19.5 Å². The highest BCUT2D eigenvalue weighted by Crippen LogP contribution is 2.30. The number of aliphatic hydroxyl groups excluding tert-OH is 1. The summed E-state index contributed by atoms with van der Waals surface area (Å²) < 4.78 is 3.83. The second-order valence-electron chi connectivity index (χ2n) is 6.70. The number of aliphatic hydroxyl groups is 1. The largest absolute Gasteiger partial charge is 0.391 e. The Hall–Kier alpha value is -3.25. The summed E-state index contributed by atoms with van der Waals surface area (Å²) in [6.07, 6.45) is 3.39. The predicted octanol–water partition coefficient (Wildman–Crippen LogP) is 3.43. The van der Waals surface area contributed by atoms with Gasteiger partial charge in [0.05, 0.1) is 24.7 Å². The van der Waals surface area contributed by atoms with E-state index < -0.39 is 6.10 Å². The number of rotatable bonds is 7. The maximum absolute atomic E-state index is 10.7. The van der Waals surface area contributed by atoms with Gasteiger partial charge in [0.2, 0.25) is 0 Å². The van der Waals surface area contributed by atoms with Gasteiger partial charge in [-0.15, -0.1) is 0 Å². The van der Waals surface area contributed by atoms with Crippen LogP contribution in [0.2, 0.25) is 0 Å². The third kappa shape index (κ3) is 3.73. The highest BCUT2D eigenvalue weighted by atomic mass is 16.3. The first kappa shape index (κ1) is 18.1. The van der Waals surface area contributed by atoms with Crippen LogP contribution < -0.4 is 0 Å². The van der Waals surface area contributed by atoms with Crippen molar-refractivity contribution in [3.05, 3.63) is 78.9 Å². The van der Waals surface area contributed by atoms with Crippen LogP contribution in [0.25, 0.3) is 22.8 Å². The van der Waals surface area contributed by atoms with E-state index in [1.807, 2.05) is 76.8 Å². The maximum Gasteiger partial charge on any atom is 0.177 e. The van der Waals surface area contributed by atoms with Gasteiger partial charge < -0.3 is 9.67 Å². The van der Waals surface area contributed by atoms with E-state index >= 15 is 0 Å². The molecule has 2 aromatic heterocycles. The first-order valence-electron chi connectivity index (χ1n) is 9.47. The van der Waals surface area contributed by atoms with Crippen LogP contribution in [0, 0.1) is 0 Å². The van der Waals surface area contributed by atoms with Gasteiger partial charge in [-0.3, -0.25) is 0 Å². The Morgan fingerprint density at radius 2 is 1.68 bits per heavy atom. The molecule has 0 fully saturated rings. The van der Waals surface area contributed by atoms with Gasteiger partial charge in [-0.05, 0) is 12.5 Å². The average molecular weight is 373 g/mol. The molecule has 2 aromatic carbocycles. The molecule has 0 aliphatic heterocycles. The fourth-order valence-electron chi connectivity index (χ4n) is 3.42. The smallest absolute Gasteiger partial charge is 0.177 e. The van der Waals surface area contributed by atoms with E-state index in [1.54, 1.807) is 12.7 Å². The van der Waals surface area contributed by atoms with Gasteiger partial charge in [0.25, 0.3) is 0 Å². The molecule has 0 saturated heterocycles. The van der Waals surface area contributed by atoms with Gasteiger partial charge in [-0.2, -0.15) is 5.10 Å². The molecular formula is C22H23N5O. The van der Waals surface area contributed by atoms with Crippen molar-refractivity contribution in [2.45, 2.75) is 32.5 Å². The highest BCUT2D eigenvalue weighted by Gasteiger charge is 2.21. The minimum Gasteiger partial charge on any atom is -0.391 e. The quantitative estimate of drug-likeness (QED) is 0.539. The Kier molecular flexibility index (Phi) is 5.30. The number of nitrogens with zero attached hydrogens (tertiary/aromatic N) is 5. The summed E-state index contributed by atoms with van der Waals surface area (Å²) in [6.45, 7) is 3.17. The SMILES string of the molecule is CCn1ncnc1-c1c(-c2ccccc2)ncn1C[C@H](O)Cc1ccccc1. The summed E-state index contributed by atoms with van der Waals surface area (Å²) >= 11 is 0. The minimum atomic E-state index is -0.531. The maximum atomic E-state index is 10.7. The summed E-state index contributed by atoms with van der Waals surface area (Å²) in [7, 11) is 0. The van der Waals surface area contributed by atoms with Crippen LogP contribution in [0.3, 0.4) is 0 Å². The lowest BCUT2D eigenvalue weighted by molar-refractivity contribution is 0.154. The van der Waals surface area contributed by atoms with Gasteiger partial charge >= 0.3 is 0 Å². The number of benzene rings is 2. The molecule has 0 saturated carbocycles. The van der Waals surface area contributed by atoms with E-state index in [2.05, 4.69) is 15.1 Å². The van der Waals surface area contributed by atoms with Crippen molar-refractivity contribution < 1.29 is 5.11 Å². The normalized spacial score (nSPS) is 12.2. The summed E-state index contributed by atoms with van der Waals surface area (Å²) in [4.78, 5) is 9.13. The summed E-state index contributed by atoms with van der Waals surface area (Å²) in [5.41, 5.74) is 3.84. The molecule has 0 unspecified atom stereocenters. The third-order valence-corrected chi connectivity index (χ3v) is 4.73. The van der Waals surface area contributed by atoms with Crippen LogP contribution in [0.1, 0.15) is 12.5 Å². The van der Waals surface area contributed by atoms with Crippen LogP contribution in [0.4, 0.5) is 0 Å². The van der Waals surface area contributed by atoms with Crippen molar-refractivity contribution in [1.82, 2.24) is 24.3 Å². The molecule has 0 spiro atoms. The molecule has 142 valence electrons. The fraction of sp³-hybridized carbons (Fsp3) is 0.227. The molecule has 28 heavy (non-hydrogen) atoms. The van der Waals surface area contributed by atoms with E-state index in [0.717, 1.165) is 28.3 Å². The zero-order chi connectivity index (χ0) is 19.3. The van der Waals surface area contributed by atoms with Gasteiger partial charge in [0.15, 0.2) is 5.82 Å². The van der Waals surface area contributed by atoms with Crippen molar-refractivity contribution in [3.63, 3.8) is 0 Å². The molecule has 0 radical (unpaired) electrons. The molecular weight excluding hydrogens is 350 g/mol. The van der Waals surface area contributed by atoms with Gasteiger partial charge in [0.1, 0.15) is 12.0 Å². The first-order chi connectivity index (χ1) is 13.8. The molecule has 1 atom stereocenters. The standard InChI is InChI=1S/C22H23N5O/c1-2-27-22(23-15-25-27)21-20(18-11-7-4-8-12-18)24-16-26(21)14-19(28)13-17-9-5-3-6-10-17/h3-12,15-16,19,28H,2,13-14H2,1H3/t19-/m1/s1. The Morgan fingerprint density at radius 1 is 0.964 bits per heavy atom. The number of hydrogen-bond donors (Lipinski definition) is 1. The van der Waals surface area contributed by atoms with Gasteiger partial charge in [0, 0.05) is 18.5 Å². The summed E-state index contributed by atoms with van der Waals surface area (Å²) in [5.74, 6) is 0.755. The van der Waals surface area contributed by atoms with Crippen LogP contribution in [-0.2, 0) is 19.5 Å². The lowest BCUT2D eigenvalue weighted by Crippen LogP contribution is -2.19. The van der Waals surface area contributed by atoms with E-state index in [4.69, 9.17) is 0 Å².